The summed E-state index contributed by atoms with van der Waals surface area (Å²) in [6, 6.07) is 16.5. The predicted octanol–water partition coefficient (Wildman–Crippen LogP) is 5.05. The molecule has 0 saturated carbocycles. The van der Waals surface area contributed by atoms with Crippen LogP contribution >= 0.6 is 11.3 Å². The van der Waals surface area contributed by atoms with Crippen LogP contribution < -0.4 is 5.32 Å². The Labute approximate surface area is 168 Å². The summed E-state index contributed by atoms with van der Waals surface area (Å²) in [4.78, 5) is 28.6. The predicted molar refractivity (Wildman–Crippen MR) is 111 cm³/mol. The van der Waals surface area contributed by atoms with Crippen molar-refractivity contribution in [3.05, 3.63) is 81.8 Å². The molecule has 0 unspecified atom stereocenters. The van der Waals surface area contributed by atoms with Gasteiger partial charge in [-0.3, -0.25) is 4.79 Å². The summed E-state index contributed by atoms with van der Waals surface area (Å²) < 4.78 is 5.25. The van der Waals surface area contributed by atoms with E-state index in [-0.39, 0.29) is 17.9 Å². The second-order valence-corrected chi connectivity index (χ2v) is 8.29. The number of aromatic nitrogens is 1. The molecule has 5 nitrogen and oxygen atoms in total. The highest BCUT2D eigenvalue weighted by Crippen LogP contribution is 2.23. The lowest BCUT2D eigenvalue weighted by Crippen LogP contribution is -2.14. The van der Waals surface area contributed by atoms with Gasteiger partial charge in [-0.05, 0) is 35.2 Å². The van der Waals surface area contributed by atoms with Crippen LogP contribution in [0.15, 0.2) is 60.0 Å². The average Bonchev–Trinajstić information content (AvgIpc) is 3.16. The number of anilines is 1. The van der Waals surface area contributed by atoms with Gasteiger partial charge in [0.05, 0.1) is 5.56 Å². The van der Waals surface area contributed by atoms with Crippen LogP contribution in [0.5, 0.6) is 0 Å². The van der Waals surface area contributed by atoms with Crippen molar-refractivity contribution in [3.8, 4) is 0 Å². The Morgan fingerprint density at radius 2 is 1.71 bits per heavy atom. The fourth-order valence-electron chi connectivity index (χ4n) is 2.52. The number of nitrogens with zero attached hydrogens (tertiary/aromatic N) is 1. The van der Waals surface area contributed by atoms with Crippen LogP contribution in [0, 0.1) is 0 Å². The van der Waals surface area contributed by atoms with Crippen LogP contribution in [0.3, 0.4) is 0 Å². The third-order valence-electron chi connectivity index (χ3n) is 4.13. The lowest BCUT2D eigenvalue weighted by molar-refractivity contribution is 0.0472. The van der Waals surface area contributed by atoms with Gasteiger partial charge in [-0.15, -0.1) is 11.3 Å². The maximum absolute atomic E-state index is 12.4. The molecule has 0 radical (unpaired) electrons. The molecule has 144 valence electrons. The first kappa shape index (κ1) is 19.8. The summed E-state index contributed by atoms with van der Waals surface area (Å²) in [6.07, 6.45) is 0. The molecule has 6 heteroatoms. The third-order valence-corrected chi connectivity index (χ3v) is 4.95. The van der Waals surface area contributed by atoms with Crippen molar-refractivity contribution in [2.45, 2.75) is 32.8 Å². The average molecular weight is 394 g/mol. The van der Waals surface area contributed by atoms with Gasteiger partial charge in [0.1, 0.15) is 17.3 Å². The summed E-state index contributed by atoms with van der Waals surface area (Å²) in [5.74, 6) is -0.707. The number of carbonyl (C=O) groups is 2. The second-order valence-electron chi connectivity index (χ2n) is 7.35. The SMILES string of the molecule is CC(C)(C)c1ccc(NC(=O)c2csc(COC(=O)c3ccccc3)n2)cc1. The zero-order valence-corrected chi connectivity index (χ0v) is 16.9. The largest absolute Gasteiger partial charge is 0.455 e. The first-order chi connectivity index (χ1) is 13.3. The van der Waals surface area contributed by atoms with Crippen LogP contribution in [0.25, 0.3) is 0 Å². The first-order valence-corrected chi connectivity index (χ1v) is 9.79. The molecule has 0 bridgehead atoms. The molecular formula is C22H22N2O3S. The normalized spacial score (nSPS) is 11.1. The smallest absolute Gasteiger partial charge is 0.338 e. The van der Waals surface area contributed by atoms with Crippen molar-refractivity contribution in [2.75, 3.05) is 5.32 Å². The van der Waals surface area contributed by atoms with E-state index in [1.165, 1.54) is 16.9 Å². The van der Waals surface area contributed by atoms with E-state index >= 15 is 0 Å². The molecule has 0 aliphatic carbocycles. The number of nitrogens with one attached hydrogen (secondary N) is 1. The highest BCUT2D eigenvalue weighted by molar-refractivity contribution is 7.09. The van der Waals surface area contributed by atoms with E-state index in [0.717, 1.165) is 0 Å². The topological polar surface area (TPSA) is 68.3 Å². The van der Waals surface area contributed by atoms with Crippen LogP contribution in [0.2, 0.25) is 0 Å². The number of hydrogen-bond acceptors (Lipinski definition) is 5. The minimum Gasteiger partial charge on any atom is -0.455 e. The van der Waals surface area contributed by atoms with E-state index in [2.05, 4.69) is 31.1 Å². The molecule has 0 fully saturated rings. The van der Waals surface area contributed by atoms with Gasteiger partial charge in [0.25, 0.3) is 5.91 Å². The Bertz CT molecular complexity index is 957. The molecule has 0 aliphatic heterocycles. The van der Waals surface area contributed by atoms with Gasteiger partial charge >= 0.3 is 5.97 Å². The quantitative estimate of drug-likeness (QED) is 0.615. The molecule has 0 atom stereocenters. The number of amides is 1. The van der Waals surface area contributed by atoms with Gasteiger partial charge in [0.2, 0.25) is 0 Å². The van der Waals surface area contributed by atoms with E-state index < -0.39 is 5.97 Å². The Kier molecular flexibility index (Phi) is 5.90. The fourth-order valence-corrected chi connectivity index (χ4v) is 3.20. The molecule has 0 aliphatic rings. The number of benzene rings is 2. The van der Waals surface area contributed by atoms with Gasteiger partial charge in [0, 0.05) is 11.1 Å². The molecule has 2 aromatic carbocycles. The highest BCUT2D eigenvalue weighted by atomic mass is 32.1. The molecular weight excluding hydrogens is 372 g/mol. The number of rotatable bonds is 5. The molecule has 1 N–H and O–H groups in total. The van der Waals surface area contributed by atoms with Gasteiger partial charge in [-0.1, -0.05) is 51.1 Å². The van der Waals surface area contributed by atoms with Crippen molar-refractivity contribution in [1.82, 2.24) is 4.98 Å². The number of ether oxygens (including phenoxy) is 1. The van der Waals surface area contributed by atoms with E-state index in [0.29, 0.717) is 22.0 Å². The lowest BCUT2D eigenvalue weighted by Gasteiger charge is -2.19. The minimum atomic E-state index is -0.416. The molecule has 3 aromatic rings. The van der Waals surface area contributed by atoms with Crippen molar-refractivity contribution in [1.29, 1.82) is 0 Å². The fraction of sp³-hybridized carbons (Fsp3) is 0.227. The zero-order chi connectivity index (χ0) is 20.1. The molecule has 1 heterocycles. The van der Waals surface area contributed by atoms with E-state index in [9.17, 15) is 9.59 Å². The lowest BCUT2D eigenvalue weighted by atomic mass is 9.87. The molecule has 1 aromatic heterocycles. The monoisotopic (exact) mass is 394 g/mol. The van der Waals surface area contributed by atoms with Crippen molar-refractivity contribution in [3.63, 3.8) is 0 Å². The Morgan fingerprint density at radius 3 is 2.36 bits per heavy atom. The maximum atomic E-state index is 12.4. The van der Waals surface area contributed by atoms with Crippen molar-refractivity contribution < 1.29 is 14.3 Å². The molecule has 3 rings (SSSR count). The highest BCUT2D eigenvalue weighted by Gasteiger charge is 2.15. The number of esters is 1. The van der Waals surface area contributed by atoms with Gasteiger partial charge in [-0.2, -0.15) is 0 Å². The number of carbonyl (C=O) groups excluding carboxylic acids is 2. The summed E-state index contributed by atoms with van der Waals surface area (Å²) in [5.41, 5.74) is 2.75. The van der Waals surface area contributed by atoms with Crippen LogP contribution in [-0.2, 0) is 16.8 Å². The van der Waals surface area contributed by atoms with Crippen molar-refractivity contribution >= 4 is 28.9 Å². The van der Waals surface area contributed by atoms with Gasteiger partial charge in [0.15, 0.2) is 0 Å². The van der Waals surface area contributed by atoms with Gasteiger partial charge < -0.3 is 10.1 Å². The third kappa shape index (κ3) is 5.04. The molecule has 0 saturated heterocycles. The second kappa shape index (κ2) is 8.35. The Morgan fingerprint density at radius 1 is 1.04 bits per heavy atom. The molecule has 1 amide bonds. The number of hydrogen-bond donors (Lipinski definition) is 1. The molecule has 28 heavy (non-hydrogen) atoms. The van der Waals surface area contributed by atoms with E-state index in [4.69, 9.17) is 4.74 Å². The minimum absolute atomic E-state index is 0.0337. The van der Waals surface area contributed by atoms with Crippen LogP contribution in [0.1, 0.15) is 52.2 Å². The summed E-state index contributed by atoms with van der Waals surface area (Å²) in [6.45, 7) is 6.46. The van der Waals surface area contributed by atoms with Crippen LogP contribution in [0.4, 0.5) is 5.69 Å². The number of thiazole rings is 1. The zero-order valence-electron chi connectivity index (χ0n) is 16.1. The Hall–Kier alpha value is -2.99. The maximum Gasteiger partial charge on any atom is 0.338 e. The summed E-state index contributed by atoms with van der Waals surface area (Å²) >= 11 is 1.28. The van der Waals surface area contributed by atoms with E-state index in [1.54, 1.807) is 29.6 Å². The molecule has 0 spiro atoms. The summed E-state index contributed by atoms with van der Waals surface area (Å²) in [5, 5.41) is 5.06. The Balaban J connectivity index is 1.57. The summed E-state index contributed by atoms with van der Waals surface area (Å²) in [7, 11) is 0. The van der Waals surface area contributed by atoms with Crippen molar-refractivity contribution in [2.24, 2.45) is 0 Å². The standard InChI is InChI=1S/C22H22N2O3S/c1-22(2,3)16-9-11-17(12-10-16)23-20(25)18-14-28-19(24-18)13-27-21(26)15-7-5-4-6-8-15/h4-12,14H,13H2,1-3H3,(H,23,25). The van der Waals surface area contributed by atoms with E-state index in [1.807, 2.05) is 30.3 Å². The van der Waals surface area contributed by atoms with Crippen LogP contribution in [-0.4, -0.2) is 16.9 Å². The first-order valence-electron chi connectivity index (χ1n) is 8.91. The van der Waals surface area contributed by atoms with Gasteiger partial charge in [-0.25, -0.2) is 9.78 Å².